The SMILES string of the molecule is C[C@H](O)[C@@H](NC(=O)OCc1ccccc1)C(=O)NN. The van der Waals surface area contributed by atoms with Gasteiger partial charge in [0.15, 0.2) is 0 Å². The molecule has 0 aliphatic heterocycles. The molecule has 7 heteroatoms. The van der Waals surface area contributed by atoms with E-state index in [9.17, 15) is 14.7 Å². The molecule has 0 saturated heterocycles. The Morgan fingerprint density at radius 3 is 2.53 bits per heavy atom. The highest BCUT2D eigenvalue weighted by Crippen LogP contribution is 2.01. The molecule has 2 atom stereocenters. The number of hydrogen-bond acceptors (Lipinski definition) is 5. The predicted molar refractivity (Wildman–Crippen MR) is 67.6 cm³/mol. The molecule has 0 aliphatic rings. The number of ether oxygens (including phenoxy) is 1. The third-order valence-corrected chi connectivity index (χ3v) is 2.39. The van der Waals surface area contributed by atoms with Crippen molar-refractivity contribution in [3.05, 3.63) is 35.9 Å². The Labute approximate surface area is 110 Å². The average molecular weight is 267 g/mol. The summed E-state index contributed by atoms with van der Waals surface area (Å²) in [5, 5.41) is 11.6. The van der Waals surface area contributed by atoms with E-state index in [1.54, 1.807) is 12.1 Å². The minimum absolute atomic E-state index is 0.0729. The fourth-order valence-electron chi connectivity index (χ4n) is 1.39. The number of aliphatic hydroxyl groups is 1. The number of aliphatic hydroxyl groups excluding tert-OH is 1. The van der Waals surface area contributed by atoms with Crippen molar-refractivity contribution in [2.45, 2.75) is 25.7 Å². The lowest BCUT2D eigenvalue weighted by Gasteiger charge is -2.19. The number of amides is 2. The van der Waals surface area contributed by atoms with Crippen molar-refractivity contribution in [1.82, 2.24) is 10.7 Å². The summed E-state index contributed by atoms with van der Waals surface area (Å²) in [4.78, 5) is 22.8. The molecule has 0 heterocycles. The highest BCUT2D eigenvalue weighted by Gasteiger charge is 2.25. The highest BCUT2D eigenvalue weighted by atomic mass is 16.5. The molecule has 0 fully saturated rings. The standard InChI is InChI=1S/C12H17N3O4/c1-8(16)10(11(17)15-13)14-12(18)19-7-9-5-3-2-4-6-9/h2-6,8,10,16H,7,13H2,1H3,(H,14,18)(H,15,17)/t8-,10+/m0/s1. The second-order valence-electron chi connectivity index (χ2n) is 3.93. The van der Waals surface area contributed by atoms with Gasteiger partial charge in [0.05, 0.1) is 6.10 Å². The van der Waals surface area contributed by atoms with Crippen LogP contribution in [-0.2, 0) is 16.1 Å². The molecule has 5 N–H and O–H groups in total. The first kappa shape index (κ1) is 14.9. The maximum Gasteiger partial charge on any atom is 0.408 e. The number of rotatable bonds is 5. The molecule has 1 aromatic rings. The molecule has 0 spiro atoms. The largest absolute Gasteiger partial charge is 0.445 e. The number of carbonyl (C=O) groups is 2. The van der Waals surface area contributed by atoms with Crippen molar-refractivity contribution >= 4 is 12.0 Å². The van der Waals surface area contributed by atoms with Crippen molar-refractivity contribution in [3.8, 4) is 0 Å². The minimum atomic E-state index is -1.16. The molecular formula is C12H17N3O4. The van der Waals surface area contributed by atoms with Gasteiger partial charge in [-0.3, -0.25) is 10.2 Å². The minimum Gasteiger partial charge on any atom is -0.445 e. The summed E-state index contributed by atoms with van der Waals surface area (Å²) in [6, 6.07) is 7.92. The van der Waals surface area contributed by atoms with E-state index in [0.29, 0.717) is 0 Å². The van der Waals surface area contributed by atoms with Crippen molar-refractivity contribution < 1.29 is 19.4 Å². The fourth-order valence-corrected chi connectivity index (χ4v) is 1.39. The summed E-state index contributed by atoms with van der Waals surface area (Å²) in [5.74, 6) is 4.25. The molecule has 0 unspecified atom stereocenters. The summed E-state index contributed by atoms with van der Waals surface area (Å²) in [5.41, 5.74) is 2.67. The number of hydrogen-bond donors (Lipinski definition) is 4. The Morgan fingerprint density at radius 1 is 1.37 bits per heavy atom. The van der Waals surface area contributed by atoms with Crippen LogP contribution >= 0.6 is 0 Å². The molecule has 1 aromatic carbocycles. The number of nitrogens with one attached hydrogen (secondary N) is 2. The Morgan fingerprint density at radius 2 is 2.00 bits per heavy atom. The third-order valence-electron chi connectivity index (χ3n) is 2.39. The first-order valence-electron chi connectivity index (χ1n) is 5.70. The van der Waals surface area contributed by atoms with E-state index < -0.39 is 24.1 Å². The van der Waals surface area contributed by atoms with Crippen LogP contribution in [-0.4, -0.2) is 29.3 Å². The van der Waals surface area contributed by atoms with Gasteiger partial charge in [0.1, 0.15) is 12.6 Å². The van der Waals surface area contributed by atoms with Gasteiger partial charge in [-0.1, -0.05) is 30.3 Å². The van der Waals surface area contributed by atoms with Crippen LogP contribution in [0.3, 0.4) is 0 Å². The van der Waals surface area contributed by atoms with Gasteiger partial charge in [0.25, 0.3) is 5.91 Å². The van der Waals surface area contributed by atoms with Crippen molar-refractivity contribution in [1.29, 1.82) is 0 Å². The van der Waals surface area contributed by atoms with Crippen LogP contribution in [0.25, 0.3) is 0 Å². The Kier molecular flexibility index (Phi) is 5.77. The fraction of sp³-hybridized carbons (Fsp3) is 0.333. The second kappa shape index (κ2) is 7.34. The first-order chi connectivity index (χ1) is 9.04. The Bertz CT molecular complexity index is 422. The number of hydrazine groups is 1. The summed E-state index contributed by atoms with van der Waals surface area (Å²) >= 11 is 0. The van der Waals surface area contributed by atoms with Gasteiger partial charge in [-0.25, -0.2) is 10.6 Å². The topological polar surface area (TPSA) is 114 Å². The molecule has 0 aromatic heterocycles. The number of carbonyl (C=O) groups excluding carboxylic acids is 2. The van der Waals surface area contributed by atoms with Gasteiger partial charge >= 0.3 is 6.09 Å². The lowest BCUT2D eigenvalue weighted by molar-refractivity contribution is -0.125. The van der Waals surface area contributed by atoms with E-state index in [-0.39, 0.29) is 6.61 Å². The molecule has 0 bridgehead atoms. The Hall–Kier alpha value is -2.12. The molecule has 19 heavy (non-hydrogen) atoms. The zero-order valence-corrected chi connectivity index (χ0v) is 10.5. The van der Waals surface area contributed by atoms with Gasteiger partial charge in [-0.2, -0.15) is 0 Å². The molecule has 1 rings (SSSR count). The lowest BCUT2D eigenvalue weighted by Crippen LogP contribution is -2.54. The summed E-state index contributed by atoms with van der Waals surface area (Å²) in [7, 11) is 0. The lowest BCUT2D eigenvalue weighted by atomic mass is 10.2. The molecule has 0 radical (unpaired) electrons. The number of nitrogens with two attached hydrogens (primary N) is 1. The molecule has 2 amide bonds. The van der Waals surface area contributed by atoms with Gasteiger partial charge in [0, 0.05) is 0 Å². The van der Waals surface area contributed by atoms with E-state index in [1.165, 1.54) is 6.92 Å². The van der Waals surface area contributed by atoms with E-state index >= 15 is 0 Å². The van der Waals surface area contributed by atoms with E-state index in [0.717, 1.165) is 5.56 Å². The first-order valence-corrected chi connectivity index (χ1v) is 5.70. The average Bonchev–Trinajstić information content (AvgIpc) is 2.42. The summed E-state index contributed by atoms with van der Waals surface area (Å²) in [6.07, 6.45) is -1.90. The van der Waals surface area contributed by atoms with Gasteiger partial charge < -0.3 is 15.2 Å². The monoisotopic (exact) mass is 267 g/mol. The normalized spacial score (nSPS) is 13.2. The predicted octanol–water partition coefficient (Wildman–Crippen LogP) is -0.348. The van der Waals surface area contributed by atoms with Crippen molar-refractivity contribution in [2.75, 3.05) is 0 Å². The maximum absolute atomic E-state index is 11.5. The zero-order valence-electron chi connectivity index (χ0n) is 10.5. The van der Waals surface area contributed by atoms with E-state index in [2.05, 4.69) is 5.32 Å². The maximum atomic E-state index is 11.5. The van der Waals surface area contributed by atoms with Gasteiger partial charge in [-0.15, -0.1) is 0 Å². The van der Waals surface area contributed by atoms with Crippen LogP contribution in [0.4, 0.5) is 4.79 Å². The number of benzene rings is 1. The quantitative estimate of drug-likeness (QED) is 0.331. The van der Waals surface area contributed by atoms with E-state index in [1.807, 2.05) is 23.6 Å². The van der Waals surface area contributed by atoms with Crippen LogP contribution in [0, 0.1) is 0 Å². The van der Waals surface area contributed by atoms with Crippen LogP contribution < -0.4 is 16.6 Å². The number of alkyl carbamates (subject to hydrolysis) is 1. The van der Waals surface area contributed by atoms with Crippen LogP contribution in [0.5, 0.6) is 0 Å². The third kappa shape index (κ3) is 4.94. The van der Waals surface area contributed by atoms with Crippen LogP contribution in [0.1, 0.15) is 12.5 Å². The molecule has 104 valence electrons. The molecule has 7 nitrogen and oxygen atoms in total. The molecule has 0 saturated carbocycles. The summed E-state index contributed by atoms with van der Waals surface area (Å²) in [6.45, 7) is 1.43. The highest BCUT2D eigenvalue weighted by molar-refractivity contribution is 5.85. The van der Waals surface area contributed by atoms with Crippen LogP contribution in [0.2, 0.25) is 0 Å². The Balaban J connectivity index is 2.47. The van der Waals surface area contributed by atoms with Crippen molar-refractivity contribution in [2.24, 2.45) is 5.84 Å². The van der Waals surface area contributed by atoms with Gasteiger partial charge in [-0.05, 0) is 12.5 Å². The van der Waals surface area contributed by atoms with Gasteiger partial charge in [0.2, 0.25) is 0 Å². The summed E-state index contributed by atoms with van der Waals surface area (Å²) < 4.78 is 4.92. The second-order valence-corrected chi connectivity index (χ2v) is 3.93. The van der Waals surface area contributed by atoms with Crippen molar-refractivity contribution in [3.63, 3.8) is 0 Å². The zero-order chi connectivity index (χ0) is 14.3. The van der Waals surface area contributed by atoms with E-state index in [4.69, 9.17) is 10.6 Å². The smallest absolute Gasteiger partial charge is 0.408 e. The molecular weight excluding hydrogens is 250 g/mol. The molecule has 0 aliphatic carbocycles. The van der Waals surface area contributed by atoms with Crippen LogP contribution in [0.15, 0.2) is 30.3 Å².